The van der Waals surface area contributed by atoms with E-state index >= 15 is 0 Å². The van der Waals surface area contributed by atoms with E-state index in [1.165, 1.54) is 31.0 Å². The van der Waals surface area contributed by atoms with Gasteiger partial charge in [-0.05, 0) is 31.4 Å². The van der Waals surface area contributed by atoms with E-state index in [2.05, 4.69) is 10.4 Å². The average molecular weight is 492 g/mol. The first kappa shape index (κ1) is 24.6. The molecule has 0 radical (unpaired) electrons. The van der Waals surface area contributed by atoms with Gasteiger partial charge in [-0.15, -0.1) is 0 Å². The molecule has 0 spiro atoms. The highest BCUT2D eigenvalue weighted by atomic mass is 35.5. The van der Waals surface area contributed by atoms with E-state index in [0.717, 1.165) is 6.20 Å². The van der Waals surface area contributed by atoms with Gasteiger partial charge in [-0.1, -0.05) is 18.5 Å². The van der Waals surface area contributed by atoms with Crippen molar-refractivity contribution in [3.8, 4) is 0 Å². The third-order valence-corrected chi connectivity index (χ3v) is 5.66. The molecule has 2 heterocycles. The van der Waals surface area contributed by atoms with Crippen molar-refractivity contribution in [2.24, 2.45) is 0 Å². The zero-order valence-corrected chi connectivity index (χ0v) is 18.5. The predicted molar refractivity (Wildman–Crippen MR) is 112 cm³/mol. The minimum Gasteiger partial charge on any atom is -0.441 e. The fraction of sp³-hybridized carbons (Fsp3) is 0.450. The Hall–Kier alpha value is -3.02. The van der Waals surface area contributed by atoms with Crippen LogP contribution in [0.5, 0.6) is 0 Å². The lowest BCUT2D eigenvalue weighted by molar-refractivity contribution is -0.170. The number of alkyl halides is 3. The number of hydrogen-bond acceptors (Lipinski definition) is 5. The average Bonchev–Trinajstić information content (AvgIpc) is 3.10. The second kappa shape index (κ2) is 9.46. The number of benzene rings is 1. The summed E-state index contributed by atoms with van der Waals surface area (Å²) < 4.78 is 59.9. The lowest BCUT2D eigenvalue weighted by Gasteiger charge is -2.27. The zero-order chi connectivity index (χ0) is 24.5. The van der Waals surface area contributed by atoms with Gasteiger partial charge in [-0.25, -0.2) is 13.9 Å². The molecule has 3 rings (SSSR count). The van der Waals surface area contributed by atoms with E-state index in [0.29, 0.717) is 11.1 Å². The second-order valence-corrected chi connectivity index (χ2v) is 7.97. The SMILES string of the molecule is CCC(n1ncc(C(=O)N(C)CCCC2OC(=O)Nc3ccc(Cl)c(F)c32)c1N)C(F)(F)F. The maximum absolute atomic E-state index is 14.5. The van der Waals surface area contributed by atoms with Gasteiger partial charge in [-0.2, -0.15) is 18.3 Å². The van der Waals surface area contributed by atoms with Crippen molar-refractivity contribution < 1.29 is 31.9 Å². The number of nitrogens with one attached hydrogen (secondary N) is 1. The third kappa shape index (κ3) is 5.00. The molecule has 1 aliphatic heterocycles. The van der Waals surface area contributed by atoms with E-state index in [4.69, 9.17) is 22.1 Å². The summed E-state index contributed by atoms with van der Waals surface area (Å²) in [5, 5.41) is 5.95. The number of rotatable bonds is 7. The molecule has 0 saturated heterocycles. The van der Waals surface area contributed by atoms with Crippen LogP contribution in [0.3, 0.4) is 0 Å². The predicted octanol–water partition coefficient (Wildman–Crippen LogP) is 4.93. The van der Waals surface area contributed by atoms with E-state index in [9.17, 15) is 27.2 Å². The van der Waals surface area contributed by atoms with Gasteiger partial charge >= 0.3 is 12.3 Å². The number of cyclic esters (lactones) is 1. The van der Waals surface area contributed by atoms with Gasteiger partial charge in [0.25, 0.3) is 5.91 Å². The summed E-state index contributed by atoms with van der Waals surface area (Å²) >= 11 is 5.83. The molecule has 3 N–H and O–H groups in total. The maximum atomic E-state index is 14.5. The van der Waals surface area contributed by atoms with Crippen LogP contribution in [-0.4, -0.2) is 46.4 Å². The van der Waals surface area contributed by atoms with Crippen molar-refractivity contribution in [2.45, 2.75) is 44.5 Å². The summed E-state index contributed by atoms with van der Waals surface area (Å²) in [7, 11) is 1.44. The molecule has 1 aliphatic rings. The Labute approximate surface area is 191 Å². The van der Waals surface area contributed by atoms with Crippen LogP contribution in [0.15, 0.2) is 18.3 Å². The number of hydrogen-bond donors (Lipinski definition) is 2. The van der Waals surface area contributed by atoms with Gasteiger partial charge in [0.1, 0.15) is 23.5 Å². The Bertz CT molecular complexity index is 1060. The molecule has 2 unspecified atom stereocenters. The quantitative estimate of drug-likeness (QED) is 0.535. The molecule has 1 aromatic carbocycles. The van der Waals surface area contributed by atoms with Crippen LogP contribution in [0.2, 0.25) is 5.02 Å². The van der Waals surface area contributed by atoms with Crippen LogP contribution in [0.25, 0.3) is 0 Å². The maximum Gasteiger partial charge on any atom is 0.412 e. The molecule has 13 heteroatoms. The van der Waals surface area contributed by atoms with Gasteiger partial charge in [-0.3, -0.25) is 10.1 Å². The molecule has 2 aromatic rings. The summed E-state index contributed by atoms with van der Waals surface area (Å²) in [6.07, 6.45) is -5.05. The fourth-order valence-corrected chi connectivity index (χ4v) is 3.83. The monoisotopic (exact) mass is 491 g/mol. The van der Waals surface area contributed by atoms with Gasteiger partial charge in [0.15, 0.2) is 5.82 Å². The summed E-state index contributed by atoms with van der Waals surface area (Å²) in [6, 6.07) is 0.840. The molecule has 2 atom stereocenters. The second-order valence-electron chi connectivity index (χ2n) is 7.56. The zero-order valence-electron chi connectivity index (χ0n) is 17.7. The molecule has 0 saturated carbocycles. The molecule has 0 aliphatic carbocycles. The van der Waals surface area contributed by atoms with E-state index in [1.54, 1.807) is 0 Å². The van der Waals surface area contributed by atoms with Crippen LogP contribution in [0.1, 0.15) is 54.3 Å². The molecule has 33 heavy (non-hydrogen) atoms. The van der Waals surface area contributed by atoms with Crippen LogP contribution in [-0.2, 0) is 4.74 Å². The lowest BCUT2D eigenvalue weighted by Crippen LogP contribution is -2.31. The topological polar surface area (TPSA) is 102 Å². The minimum atomic E-state index is -4.57. The number of amides is 2. The van der Waals surface area contributed by atoms with Crippen molar-refractivity contribution in [1.29, 1.82) is 0 Å². The van der Waals surface area contributed by atoms with E-state index < -0.39 is 36.1 Å². The normalized spacial score (nSPS) is 16.6. The number of anilines is 2. The van der Waals surface area contributed by atoms with Crippen LogP contribution < -0.4 is 11.1 Å². The highest BCUT2D eigenvalue weighted by Crippen LogP contribution is 2.38. The molecule has 0 fully saturated rings. The molecule has 0 bridgehead atoms. The minimum absolute atomic E-state index is 0.111. The molecule has 1 aromatic heterocycles. The summed E-state index contributed by atoms with van der Waals surface area (Å²) in [5.41, 5.74) is 6.00. The first-order valence-electron chi connectivity index (χ1n) is 10.1. The smallest absolute Gasteiger partial charge is 0.412 e. The summed E-state index contributed by atoms with van der Waals surface area (Å²) in [4.78, 5) is 25.7. The molecule has 8 nitrogen and oxygen atoms in total. The lowest BCUT2D eigenvalue weighted by atomic mass is 10.0. The first-order valence-corrected chi connectivity index (χ1v) is 10.4. The number of carbonyl (C=O) groups excluding carboxylic acids is 2. The van der Waals surface area contributed by atoms with Gasteiger partial charge in [0.2, 0.25) is 0 Å². The van der Waals surface area contributed by atoms with E-state index in [1.807, 2.05) is 0 Å². The number of nitrogens with two attached hydrogens (primary N) is 1. The molecule has 180 valence electrons. The summed E-state index contributed by atoms with van der Waals surface area (Å²) in [6.45, 7) is 1.48. The molecule has 2 amide bonds. The summed E-state index contributed by atoms with van der Waals surface area (Å²) in [5.74, 6) is -1.71. The number of ether oxygens (including phenoxy) is 1. The van der Waals surface area contributed by atoms with Gasteiger partial charge in [0.05, 0.1) is 22.5 Å². The number of aromatic nitrogens is 2. The number of fused-ring (bicyclic) bond motifs is 1. The highest BCUT2D eigenvalue weighted by molar-refractivity contribution is 6.31. The van der Waals surface area contributed by atoms with Crippen molar-refractivity contribution in [1.82, 2.24) is 14.7 Å². The third-order valence-electron chi connectivity index (χ3n) is 5.37. The number of nitrogen functional groups attached to an aromatic ring is 1. The Morgan fingerprint density at radius 3 is 2.76 bits per heavy atom. The molecular weight excluding hydrogens is 470 g/mol. The van der Waals surface area contributed by atoms with Gasteiger partial charge < -0.3 is 15.4 Å². The Morgan fingerprint density at radius 2 is 2.12 bits per heavy atom. The van der Waals surface area contributed by atoms with Crippen molar-refractivity contribution in [2.75, 3.05) is 24.6 Å². The van der Waals surface area contributed by atoms with Crippen molar-refractivity contribution in [3.05, 3.63) is 40.3 Å². The Balaban J connectivity index is 1.67. The fourth-order valence-electron chi connectivity index (χ4n) is 3.67. The standard InChI is InChI=1S/C20H22ClF4N5O3/c1-3-14(20(23,24)25)30-17(26)10(9-27-30)18(31)29(2)8-4-5-13-15-12(28-19(32)33-13)7-6-11(21)16(15)22/h6-7,9,13-14H,3-5,8,26H2,1-2H3,(H,28,32). The Kier molecular flexibility index (Phi) is 7.06. The number of carbonyl (C=O) groups is 2. The van der Waals surface area contributed by atoms with Gasteiger partial charge in [0, 0.05) is 13.6 Å². The number of nitrogens with zero attached hydrogens (tertiary/aromatic N) is 3. The van der Waals surface area contributed by atoms with Crippen molar-refractivity contribution >= 4 is 35.1 Å². The Morgan fingerprint density at radius 1 is 1.42 bits per heavy atom. The van der Waals surface area contributed by atoms with Crippen LogP contribution in [0, 0.1) is 5.82 Å². The van der Waals surface area contributed by atoms with Crippen LogP contribution in [0.4, 0.5) is 33.9 Å². The van der Waals surface area contributed by atoms with E-state index in [-0.39, 0.29) is 47.0 Å². The highest BCUT2D eigenvalue weighted by Gasteiger charge is 2.42. The van der Waals surface area contributed by atoms with Crippen molar-refractivity contribution in [3.63, 3.8) is 0 Å². The molecular formula is C20H22ClF4N5O3. The number of halogens is 5. The van der Waals surface area contributed by atoms with Crippen LogP contribution >= 0.6 is 11.6 Å². The first-order chi connectivity index (χ1) is 15.5. The largest absolute Gasteiger partial charge is 0.441 e.